The van der Waals surface area contributed by atoms with Gasteiger partial charge in [-0.05, 0) is 30.3 Å². The van der Waals surface area contributed by atoms with Gasteiger partial charge in [0.1, 0.15) is 11.5 Å². The van der Waals surface area contributed by atoms with Crippen molar-refractivity contribution in [3.63, 3.8) is 0 Å². The zero-order valence-corrected chi connectivity index (χ0v) is 13.2. The number of amides is 1. The van der Waals surface area contributed by atoms with Crippen molar-refractivity contribution in [3.8, 4) is 22.8 Å². The third-order valence-corrected chi connectivity index (χ3v) is 3.42. The second kappa shape index (κ2) is 6.91. The van der Waals surface area contributed by atoms with E-state index in [0.29, 0.717) is 23.0 Å². The van der Waals surface area contributed by atoms with Crippen LogP contribution in [0, 0.1) is 0 Å². The molecule has 124 valence electrons. The van der Waals surface area contributed by atoms with Gasteiger partial charge in [0.25, 0.3) is 5.91 Å². The first kappa shape index (κ1) is 15.7. The van der Waals surface area contributed by atoms with E-state index in [0.717, 1.165) is 5.56 Å². The fourth-order valence-electron chi connectivity index (χ4n) is 2.18. The molecular weight excluding hydrogens is 312 g/mol. The van der Waals surface area contributed by atoms with Crippen molar-refractivity contribution in [2.24, 2.45) is 0 Å². The SMILES string of the molecule is COc1ccc(-c2cc(C(=O)NCc3ccco3)on2)cc1OC. The second-order valence-corrected chi connectivity index (χ2v) is 4.91. The first-order chi connectivity index (χ1) is 11.7. The van der Waals surface area contributed by atoms with Crippen molar-refractivity contribution in [1.82, 2.24) is 10.5 Å². The summed E-state index contributed by atoms with van der Waals surface area (Å²) in [5.41, 5.74) is 1.28. The summed E-state index contributed by atoms with van der Waals surface area (Å²) in [6.45, 7) is 0.276. The number of furan rings is 1. The zero-order valence-electron chi connectivity index (χ0n) is 13.2. The second-order valence-electron chi connectivity index (χ2n) is 4.91. The minimum Gasteiger partial charge on any atom is -0.493 e. The van der Waals surface area contributed by atoms with Crippen molar-refractivity contribution >= 4 is 5.91 Å². The third-order valence-electron chi connectivity index (χ3n) is 3.42. The molecule has 2 aromatic heterocycles. The van der Waals surface area contributed by atoms with Gasteiger partial charge in [0.2, 0.25) is 5.76 Å². The number of carbonyl (C=O) groups is 1. The topological polar surface area (TPSA) is 86.7 Å². The van der Waals surface area contributed by atoms with Gasteiger partial charge in [0.15, 0.2) is 11.5 Å². The maximum Gasteiger partial charge on any atom is 0.290 e. The Labute approximate surface area is 138 Å². The Morgan fingerprint density at radius 3 is 2.71 bits per heavy atom. The van der Waals surface area contributed by atoms with Crippen LogP contribution in [0.5, 0.6) is 11.5 Å². The van der Waals surface area contributed by atoms with E-state index in [1.807, 2.05) is 6.07 Å². The molecule has 0 unspecified atom stereocenters. The quantitative estimate of drug-likeness (QED) is 0.749. The van der Waals surface area contributed by atoms with E-state index in [1.54, 1.807) is 50.8 Å². The van der Waals surface area contributed by atoms with Crippen LogP contribution in [0.3, 0.4) is 0 Å². The molecule has 0 aliphatic rings. The first-order valence-electron chi connectivity index (χ1n) is 7.21. The molecule has 0 radical (unpaired) electrons. The number of rotatable bonds is 6. The minimum absolute atomic E-state index is 0.117. The summed E-state index contributed by atoms with van der Waals surface area (Å²) < 4.78 is 20.7. The number of hydrogen-bond acceptors (Lipinski definition) is 6. The fourth-order valence-corrected chi connectivity index (χ4v) is 2.18. The van der Waals surface area contributed by atoms with E-state index in [1.165, 1.54) is 0 Å². The molecular formula is C17H16N2O5. The summed E-state index contributed by atoms with van der Waals surface area (Å²) in [5.74, 6) is 1.59. The number of hydrogen-bond donors (Lipinski definition) is 1. The van der Waals surface area contributed by atoms with Crippen LogP contribution in [-0.4, -0.2) is 25.3 Å². The summed E-state index contributed by atoms with van der Waals surface area (Å²) in [4.78, 5) is 12.1. The van der Waals surface area contributed by atoms with Crippen LogP contribution in [0.15, 0.2) is 51.6 Å². The summed E-state index contributed by atoms with van der Waals surface area (Å²) >= 11 is 0. The Bertz CT molecular complexity index is 823. The summed E-state index contributed by atoms with van der Waals surface area (Å²) in [6.07, 6.45) is 1.55. The van der Waals surface area contributed by atoms with Gasteiger partial charge < -0.3 is 23.7 Å². The Kier molecular flexibility index (Phi) is 4.51. The molecule has 7 heteroatoms. The highest BCUT2D eigenvalue weighted by molar-refractivity contribution is 5.92. The van der Waals surface area contributed by atoms with Crippen LogP contribution in [0.25, 0.3) is 11.3 Å². The normalized spacial score (nSPS) is 10.4. The number of nitrogens with zero attached hydrogens (tertiary/aromatic N) is 1. The molecule has 1 aromatic carbocycles. The van der Waals surface area contributed by atoms with Gasteiger partial charge in [-0.1, -0.05) is 5.16 Å². The number of benzene rings is 1. The van der Waals surface area contributed by atoms with Crippen LogP contribution >= 0.6 is 0 Å². The zero-order chi connectivity index (χ0) is 16.9. The van der Waals surface area contributed by atoms with Crippen LogP contribution in [0.4, 0.5) is 0 Å². The molecule has 0 aliphatic carbocycles. The van der Waals surface area contributed by atoms with Crippen LogP contribution in [0.2, 0.25) is 0 Å². The molecule has 3 aromatic rings. The maximum absolute atomic E-state index is 12.1. The highest BCUT2D eigenvalue weighted by atomic mass is 16.5. The van der Waals surface area contributed by atoms with Crippen molar-refractivity contribution in [3.05, 3.63) is 54.2 Å². The molecule has 24 heavy (non-hydrogen) atoms. The van der Waals surface area contributed by atoms with Crippen LogP contribution in [0.1, 0.15) is 16.3 Å². The highest BCUT2D eigenvalue weighted by Crippen LogP contribution is 2.32. The van der Waals surface area contributed by atoms with Crippen molar-refractivity contribution in [1.29, 1.82) is 0 Å². The van der Waals surface area contributed by atoms with Crippen LogP contribution in [-0.2, 0) is 6.54 Å². The molecule has 3 rings (SSSR count). The number of ether oxygens (including phenoxy) is 2. The lowest BCUT2D eigenvalue weighted by Gasteiger charge is -2.07. The lowest BCUT2D eigenvalue weighted by atomic mass is 10.1. The fraction of sp³-hybridized carbons (Fsp3) is 0.176. The van der Waals surface area contributed by atoms with Crippen molar-refractivity contribution in [2.45, 2.75) is 6.54 Å². The van der Waals surface area contributed by atoms with E-state index < -0.39 is 0 Å². The van der Waals surface area contributed by atoms with E-state index in [2.05, 4.69) is 10.5 Å². The Hall–Kier alpha value is -3.22. The monoisotopic (exact) mass is 328 g/mol. The lowest BCUT2D eigenvalue weighted by molar-refractivity contribution is 0.0911. The summed E-state index contributed by atoms with van der Waals surface area (Å²) in [6, 6.07) is 10.4. The van der Waals surface area contributed by atoms with E-state index in [9.17, 15) is 4.79 Å². The third kappa shape index (κ3) is 3.24. The standard InChI is InChI=1S/C17H16N2O5/c1-21-14-6-5-11(8-15(14)22-2)13-9-16(24-19-13)17(20)18-10-12-4-3-7-23-12/h3-9H,10H2,1-2H3,(H,18,20). The first-order valence-corrected chi connectivity index (χ1v) is 7.21. The Balaban J connectivity index is 1.74. The summed E-state index contributed by atoms with van der Waals surface area (Å²) in [5, 5.41) is 6.62. The molecule has 2 heterocycles. The predicted molar refractivity (Wildman–Crippen MR) is 84.9 cm³/mol. The molecule has 0 saturated carbocycles. The number of carbonyl (C=O) groups excluding carboxylic acids is 1. The Morgan fingerprint density at radius 1 is 1.17 bits per heavy atom. The van der Waals surface area contributed by atoms with Gasteiger partial charge >= 0.3 is 0 Å². The van der Waals surface area contributed by atoms with Gasteiger partial charge in [-0.3, -0.25) is 4.79 Å². The molecule has 1 amide bonds. The smallest absolute Gasteiger partial charge is 0.290 e. The van der Waals surface area contributed by atoms with Gasteiger partial charge in [-0.2, -0.15) is 0 Å². The maximum atomic E-state index is 12.1. The van der Waals surface area contributed by atoms with Gasteiger partial charge in [-0.15, -0.1) is 0 Å². The van der Waals surface area contributed by atoms with E-state index in [4.69, 9.17) is 18.4 Å². The van der Waals surface area contributed by atoms with E-state index in [-0.39, 0.29) is 18.2 Å². The summed E-state index contributed by atoms with van der Waals surface area (Å²) in [7, 11) is 3.12. The average Bonchev–Trinajstić information content (AvgIpc) is 3.30. The largest absolute Gasteiger partial charge is 0.493 e. The van der Waals surface area contributed by atoms with Gasteiger partial charge in [0.05, 0.1) is 27.0 Å². The molecule has 0 fully saturated rings. The number of methoxy groups -OCH3 is 2. The molecule has 1 N–H and O–H groups in total. The lowest BCUT2D eigenvalue weighted by Crippen LogP contribution is -2.21. The van der Waals surface area contributed by atoms with E-state index >= 15 is 0 Å². The molecule has 0 atom stereocenters. The number of nitrogens with one attached hydrogen (secondary N) is 1. The van der Waals surface area contributed by atoms with Gasteiger partial charge in [0, 0.05) is 11.6 Å². The van der Waals surface area contributed by atoms with Crippen molar-refractivity contribution in [2.75, 3.05) is 14.2 Å². The minimum atomic E-state index is -0.370. The number of aromatic nitrogens is 1. The molecule has 0 spiro atoms. The van der Waals surface area contributed by atoms with Crippen molar-refractivity contribution < 1.29 is 23.2 Å². The molecule has 7 nitrogen and oxygen atoms in total. The molecule has 0 bridgehead atoms. The molecule has 0 aliphatic heterocycles. The average molecular weight is 328 g/mol. The Morgan fingerprint density at radius 2 is 2.00 bits per heavy atom. The highest BCUT2D eigenvalue weighted by Gasteiger charge is 2.15. The molecule has 0 saturated heterocycles. The van der Waals surface area contributed by atoms with Gasteiger partial charge in [-0.25, -0.2) is 0 Å². The predicted octanol–water partition coefficient (Wildman–Crippen LogP) is 2.88. The van der Waals surface area contributed by atoms with Crippen LogP contribution < -0.4 is 14.8 Å².